The van der Waals surface area contributed by atoms with Crippen LogP contribution in [0.3, 0.4) is 0 Å². The van der Waals surface area contributed by atoms with Crippen molar-refractivity contribution in [2.24, 2.45) is 0 Å². The van der Waals surface area contributed by atoms with Crippen molar-refractivity contribution in [3.8, 4) is 0 Å². The number of hydrogen-bond acceptors (Lipinski definition) is 2. The van der Waals surface area contributed by atoms with E-state index in [0.29, 0.717) is 6.61 Å². The molecule has 0 unspecified atom stereocenters. The van der Waals surface area contributed by atoms with Crippen LogP contribution in [0.1, 0.15) is 116 Å². The summed E-state index contributed by atoms with van der Waals surface area (Å²) in [4.78, 5) is 10.9. The summed E-state index contributed by atoms with van der Waals surface area (Å²) >= 11 is 0. The van der Waals surface area contributed by atoms with Crippen molar-refractivity contribution in [3.05, 3.63) is 12.7 Å². The van der Waals surface area contributed by atoms with Crippen LogP contribution < -0.4 is 0 Å². The molecule has 0 aliphatic rings. The van der Waals surface area contributed by atoms with Crippen molar-refractivity contribution in [1.82, 2.24) is 0 Å². The highest BCUT2D eigenvalue weighted by Crippen LogP contribution is 2.14. The van der Waals surface area contributed by atoms with Crippen LogP contribution in [0.4, 0.5) is 8.78 Å². The van der Waals surface area contributed by atoms with Crippen molar-refractivity contribution >= 4 is 15.5 Å². The summed E-state index contributed by atoms with van der Waals surface area (Å²) in [7, 11) is -1.08. The van der Waals surface area contributed by atoms with Crippen LogP contribution in [0.5, 0.6) is 0 Å². The standard InChI is InChI=1S/C24H46F2O2Si/c1-2-23(27)28-21-19-17-15-13-11-9-7-5-3-4-6-8-10-12-14-16-18-20-22-29-24(25)26/h2,24H,1,3-22,29H2. The minimum atomic E-state index is -1.98. The molecular weight excluding hydrogens is 386 g/mol. The molecule has 0 spiro atoms. The summed E-state index contributed by atoms with van der Waals surface area (Å²) in [6.45, 7) is 3.90. The first kappa shape index (κ1) is 28.3. The van der Waals surface area contributed by atoms with E-state index in [4.69, 9.17) is 4.74 Å². The van der Waals surface area contributed by atoms with Crippen LogP contribution in [0.15, 0.2) is 12.7 Å². The number of unbranched alkanes of at least 4 members (excludes halogenated alkanes) is 17. The Balaban J connectivity index is 3.03. The Morgan fingerprint density at radius 3 is 1.38 bits per heavy atom. The predicted octanol–water partition coefficient (Wildman–Crippen LogP) is 7.55. The number of rotatable bonds is 23. The molecule has 0 radical (unpaired) electrons. The average molecular weight is 433 g/mol. The maximum Gasteiger partial charge on any atom is 0.330 e. The number of ether oxygens (including phenoxy) is 1. The summed E-state index contributed by atoms with van der Waals surface area (Å²) in [5.41, 5.74) is 0. The number of esters is 1. The second kappa shape index (κ2) is 23.6. The Kier molecular flexibility index (Phi) is 23.0. The molecule has 0 fully saturated rings. The molecule has 0 rings (SSSR count). The van der Waals surface area contributed by atoms with Gasteiger partial charge in [0, 0.05) is 6.08 Å². The summed E-state index contributed by atoms with van der Waals surface area (Å²) in [6.07, 6.45) is 24.1. The number of carbonyl (C=O) groups excluding carboxylic acids is 1. The molecule has 5 heteroatoms. The summed E-state index contributed by atoms with van der Waals surface area (Å²) in [6, 6.07) is -1.15. The van der Waals surface area contributed by atoms with E-state index in [2.05, 4.69) is 6.58 Å². The van der Waals surface area contributed by atoms with Crippen molar-refractivity contribution in [3.63, 3.8) is 0 Å². The highest BCUT2D eigenvalue weighted by atomic mass is 28.2. The van der Waals surface area contributed by atoms with Crippen LogP contribution in [-0.2, 0) is 9.53 Å². The highest BCUT2D eigenvalue weighted by molar-refractivity contribution is 6.36. The minimum Gasteiger partial charge on any atom is -0.463 e. The van der Waals surface area contributed by atoms with E-state index in [-0.39, 0.29) is 5.97 Å². The first-order valence-electron chi connectivity index (χ1n) is 12.2. The minimum absolute atomic E-state index is 0.316. The molecule has 0 saturated carbocycles. The van der Waals surface area contributed by atoms with Gasteiger partial charge < -0.3 is 4.74 Å². The van der Waals surface area contributed by atoms with E-state index in [1.165, 1.54) is 96.0 Å². The number of hydrogen-bond donors (Lipinski definition) is 0. The molecule has 0 aromatic rings. The predicted molar refractivity (Wildman–Crippen MR) is 124 cm³/mol. The van der Waals surface area contributed by atoms with Gasteiger partial charge in [-0.2, -0.15) is 0 Å². The Morgan fingerprint density at radius 2 is 1.03 bits per heavy atom. The van der Waals surface area contributed by atoms with Gasteiger partial charge in [0.25, 0.3) is 0 Å². The van der Waals surface area contributed by atoms with Crippen molar-refractivity contribution in [2.45, 2.75) is 128 Å². The van der Waals surface area contributed by atoms with Gasteiger partial charge >= 0.3 is 5.97 Å². The Labute approximate surface area is 181 Å². The monoisotopic (exact) mass is 432 g/mol. The molecule has 0 heterocycles. The van der Waals surface area contributed by atoms with Gasteiger partial charge in [0.05, 0.1) is 6.61 Å². The van der Waals surface area contributed by atoms with Crippen LogP contribution in [-0.4, -0.2) is 28.1 Å². The van der Waals surface area contributed by atoms with E-state index in [1.54, 1.807) is 0 Å². The lowest BCUT2D eigenvalue weighted by Gasteiger charge is -2.04. The molecule has 0 N–H and O–H groups in total. The van der Waals surface area contributed by atoms with Gasteiger partial charge in [-0.1, -0.05) is 122 Å². The topological polar surface area (TPSA) is 26.3 Å². The molecule has 0 aromatic heterocycles. The van der Waals surface area contributed by atoms with Gasteiger partial charge in [0.1, 0.15) is 9.52 Å². The third-order valence-electron chi connectivity index (χ3n) is 5.48. The van der Waals surface area contributed by atoms with Gasteiger partial charge in [-0.05, 0) is 6.42 Å². The molecule has 2 nitrogen and oxygen atoms in total. The lowest BCUT2D eigenvalue weighted by molar-refractivity contribution is -0.137. The fourth-order valence-corrected chi connectivity index (χ4v) is 4.59. The van der Waals surface area contributed by atoms with Gasteiger partial charge in [-0.25, -0.2) is 13.6 Å². The van der Waals surface area contributed by atoms with Crippen LogP contribution in [0, 0.1) is 0 Å². The molecule has 0 saturated heterocycles. The van der Waals surface area contributed by atoms with E-state index < -0.39 is 15.6 Å². The lowest BCUT2D eigenvalue weighted by atomic mass is 10.0. The van der Waals surface area contributed by atoms with Crippen molar-refractivity contribution < 1.29 is 18.3 Å². The molecule has 0 aromatic carbocycles. The number of carbonyl (C=O) groups is 1. The molecule has 0 bridgehead atoms. The molecular formula is C24H46F2O2Si. The normalized spacial score (nSPS) is 11.6. The summed E-state index contributed by atoms with van der Waals surface area (Å²) < 4.78 is 29.1. The average Bonchev–Trinajstić information content (AvgIpc) is 2.71. The molecule has 0 amide bonds. The Hall–Kier alpha value is -0.713. The van der Waals surface area contributed by atoms with E-state index in [1.807, 2.05) is 0 Å². The second-order valence-electron chi connectivity index (χ2n) is 8.27. The largest absolute Gasteiger partial charge is 0.463 e. The van der Waals surface area contributed by atoms with Crippen LogP contribution in [0.25, 0.3) is 0 Å². The van der Waals surface area contributed by atoms with E-state index in [0.717, 1.165) is 31.7 Å². The maximum absolute atomic E-state index is 12.1. The summed E-state index contributed by atoms with van der Waals surface area (Å²) in [5.74, 6) is -0.316. The van der Waals surface area contributed by atoms with E-state index >= 15 is 0 Å². The van der Waals surface area contributed by atoms with Crippen molar-refractivity contribution in [1.29, 1.82) is 0 Å². The number of halogens is 2. The van der Waals surface area contributed by atoms with Gasteiger partial charge in [-0.15, -0.1) is 0 Å². The molecule has 29 heavy (non-hydrogen) atoms. The SMILES string of the molecule is C=CC(=O)OCCCCCCCCCCCCCCCCCCCC[SiH2]C(F)F. The molecule has 0 aliphatic heterocycles. The first-order valence-corrected chi connectivity index (χ1v) is 14.1. The van der Waals surface area contributed by atoms with E-state index in [9.17, 15) is 13.6 Å². The van der Waals surface area contributed by atoms with Gasteiger partial charge in [0.15, 0.2) is 0 Å². The third kappa shape index (κ3) is 25.3. The quantitative estimate of drug-likeness (QED) is 0.0721. The molecule has 172 valence electrons. The Morgan fingerprint density at radius 1 is 0.690 bits per heavy atom. The lowest BCUT2D eigenvalue weighted by Crippen LogP contribution is -2.02. The Bertz CT molecular complexity index is 365. The zero-order valence-corrected chi connectivity index (χ0v) is 20.2. The molecule has 0 atom stereocenters. The zero-order chi connectivity index (χ0) is 21.4. The van der Waals surface area contributed by atoms with Crippen LogP contribution >= 0.6 is 0 Å². The van der Waals surface area contributed by atoms with Crippen LogP contribution in [0.2, 0.25) is 6.04 Å². The van der Waals surface area contributed by atoms with Crippen molar-refractivity contribution in [2.75, 3.05) is 6.61 Å². The summed E-state index contributed by atoms with van der Waals surface area (Å²) in [5, 5.41) is 0. The first-order chi connectivity index (χ1) is 14.2. The van der Waals surface area contributed by atoms with Gasteiger partial charge in [0.2, 0.25) is 6.05 Å². The molecule has 0 aliphatic carbocycles. The zero-order valence-electron chi connectivity index (χ0n) is 18.8. The maximum atomic E-state index is 12.1. The fraction of sp³-hybridized carbons (Fsp3) is 0.875. The number of alkyl halides is 2. The second-order valence-corrected chi connectivity index (χ2v) is 10.2. The fourth-order valence-electron chi connectivity index (χ4n) is 3.64. The third-order valence-corrected chi connectivity index (χ3v) is 6.82. The smallest absolute Gasteiger partial charge is 0.330 e. The highest BCUT2D eigenvalue weighted by Gasteiger charge is 2.02. The van der Waals surface area contributed by atoms with Gasteiger partial charge in [-0.3, -0.25) is 0 Å².